The molecule has 1 unspecified atom stereocenters. The molecule has 1 atom stereocenters. The minimum Gasteiger partial charge on any atom is -0.300 e. The van der Waals surface area contributed by atoms with E-state index in [1.54, 1.807) is 23.5 Å². The van der Waals surface area contributed by atoms with E-state index in [1.807, 2.05) is 6.92 Å². The highest BCUT2D eigenvalue weighted by Crippen LogP contribution is 2.33. The number of nitrogens with zero attached hydrogens (tertiary/aromatic N) is 3. The number of aryl methyl sites for hydroxylation is 3. The van der Waals surface area contributed by atoms with E-state index in [0.717, 1.165) is 33.7 Å². The molecule has 3 rings (SSSR count). The molecule has 1 N–H and O–H groups in total. The van der Waals surface area contributed by atoms with E-state index in [-0.39, 0.29) is 11.2 Å². The van der Waals surface area contributed by atoms with Crippen LogP contribution in [0.3, 0.4) is 0 Å². The van der Waals surface area contributed by atoms with E-state index in [4.69, 9.17) is 0 Å². The van der Waals surface area contributed by atoms with Crippen LogP contribution in [0, 0.1) is 20.8 Å². The Morgan fingerprint density at radius 2 is 2.00 bits per heavy atom. The van der Waals surface area contributed by atoms with Crippen LogP contribution in [0.5, 0.6) is 0 Å². The van der Waals surface area contributed by atoms with Gasteiger partial charge in [0.2, 0.25) is 11.0 Å². The topological polar surface area (TPSA) is 67.2 Å². The van der Waals surface area contributed by atoms with Crippen molar-refractivity contribution in [2.75, 3.05) is 17.6 Å². The molecule has 0 bridgehead atoms. The molecule has 0 spiro atoms. The molecular formula is C18H22N4OS3. The van der Waals surface area contributed by atoms with Gasteiger partial charge in [-0.15, -0.1) is 10.2 Å². The molecule has 26 heavy (non-hydrogen) atoms. The maximum atomic E-state index is 12.6. The third-order valence-corrected chi connectivity index (χ3v) is 7.43. The van der Waals surface area contributed by atoms with E-state index < -0.39 is 0 Å². The van der Waals surface area contributed by atoms with E-state index >= 15 is 0 Å². The molecule has 2 aromatic rings. The number of aliphatic imine (C=N–C) groups is 1. The fraction of sp³-hybridized carbons (Fsp3) is 0.444. The number of aromatic nitrogens is 2. The van der Waals surface area contributed by atoms with Crippen LogP contribution in [0.1, 0.15) is 30.0 Å². The predicted octanol–water partition coefficient (Wildman–Crippen LogP) is 4.68. The van der Waals surface area contributed by atoms with Crippen molar-refractivity contribution in [3.05, 3.63) is 28.8 Å². The number of hydrogen-bond acceptors (Lipinski definition) is 7. The Bertz CT molecular complexity index is 824. The summed E-state index contributed by atoms with van der Waals surface area (Å²) < 4.78 is 1.01. The molecule has 0 radical (unpaired) electrons. The summed E-state index contributed by atoms with van der Waals surface area (Å²) in [5.74, 6) is 0.975. The van der Waals surface area contributed by atoms with E-state index in [1.165, 1.54) is 28.0 Å². The van der Waals surface area contributed by atoms with Crippen LogP contribution in [0.4, 0.5) is 5.13 Å². The summed E-state index contributed by atoms with van der Waals surface area (Å²) in [5, 5.41) is 12.6. The van der Waals surface area contributed by atoms with Crippen LogP contribution >= 0.6 is 34.9 Å². The summed E-state index contributed by atoms with van der Waals surface area (Å²) in [5.41, 5.74) is 4.69. The van der Waals surface area contributed by atoms with Gasteiger partial charge in [-0.25, -0.2) is 0 Å². The first-order chi connectivity index (χ1) is 12.5. The number of carbonyl (C=O) groups excluding carboxylic acids is 1. The average molecular weight is 407 g/mol. The Morgan fingerprint density at radius 1 is 1.27 bits per heavy atom. The zero-order chi connectivity index (χ0) is 18.7. The SMILES string of the molecule is CCC(SC1=NCCS1)C(=O)Nc1nnc(-c2c(C)cc(C)cc2C)s1. The van der Waals surface area contributed by atoms with Crippen molar-refractivity contribution in [1.82, 2.24) is 10.2 Å². The van der Waals surface area contributed by atoms with Gasteiger partial charge in [0.15, 0.2) is 0 Å². The van der Waals surface area contributed by atoms with Gasteiger partial charge in [0.1, 0.15) is 9.38 Å². The number of nitrogens with one attached hydrogen (secondary N) is 1. The largest absolute Gasteiger partial charge is 0.300 e. The van der Waals surface area contributed by atoms with Gasteiger partial charge in [0.05, 0.1) is 11.8 Å². The number of hydrogen-bond donors (Lipinski definition) is 1. The van der Waals surface area contributed by atoms with E-state index in [2.05, 4.69) is 53.4 Å². The third kappa shape index (κ3) is 4.47. The molecule has 1 aliphatic heterocycles. The van der Waals surface area contributed by atoms with Gasteiger partial charge in [0.25, 0.3) is 0 Å². The standard InChI is InChI=1S/C18H22N4OS3/c1-5-13(25-18-19-6-7-24-18)15(23)20-17-22-21-16(26-17)14-11(3)8-10(2)9-12(14)4/h8-9,13H,5-7H2,1-4H3,(H,20,22,23). The van der Waals surface area contributed by atoms with Crippen molar-refractivity contribution in [1.29, 1.82) is 0 Å². The second-order valence-electron chi connectivity index (χ2n) is 6.19. The second-order valence-corrected chi connectivity index (χ2v) is 9.70. The highest BCUT2D eigenvalue weighted by atomic mass is 32.2. The van der Waals surface area contributed by atoms with Gasteiger partial charge in [-0.2, -0.15) is 0 Å². The zero-order valence-corrected chi connectivity index (χ0v) is 17.8. The van der Waals surface area contributed by atoms with Crippen LogP contribution in [-0.2, 0) is 4.79 Å². The minimum atomic E-state index is -0.158. The maximum Gasteiger partial charge on any atom is 0.239 e. The zero-order valence-electron chi connectivity index (χ0n) is 15.3. The lowest BCUT2D eigenvalue weighted by Crippen LogP contribution is -2.25. The van der Waals surface area contributed by atoms with Gasteiger partial charge < -0.3 is 0 Å². The second kappa shape index (κ2) is 8.54. The Morgan fingerprint density at radius 3 is 2.62 bits per heavy atom. The van der Waals surface area contributed by atoms with Crippen LogP contribution < -0.4 is 5.32 Å². The monoisotopic (exact) mass is 406 g/mol. The highest BCUT2D eigenvalue weighted by molar-refractivity contribution is 8.39. The fourth-order valence-corrected chi connectivity index (χ4v) is 5.98. The van der Waals surface area contributed by atoms with Crippen molar-refractivity contribution >= 4 is 50.3 Å². The lowest BCUT2D eigenvalue weighted by atomic mass is 10.0. The van der Waals surface area contributed by atoms with Crippen LogP contribution in [0.15, 0.2) is 17.1 Å². The molecule has 1 aromatic heterocycles. The Balaban J connectivity index is 1.72. The van der Waals surface area contributed by atoms with Crippen molar-refractivity contribution in [2.24, 2.45) is 4.99 Å². The lowest BCUT2D eigenvalue weighted by Gasteiger charge is -2.12. The average Bonchev–Trinajstić information content (AvgIpc) is 3.23. The first-order valence-corrected chi connectivity index (χ1v) is 11.2. The van der Waals surface area contributed by atoms with Crippen molar-refractivity contribution < 1.29 is 4.79 Å². The predicted molar refractivity (Wildman–Crippen MR) is 115 cm³/mol. The summed E-state index contributed by atoms with van der Waals surface area (Å²) in [7, 11) is 0. The lowest BCUT2D eigenvalue weighted by molar-refractivity contribution is -0.115. The van der Waals surface area contributed by atoms with Gasteiger partial charge in [-0.3, -0.25) is 15.1 Å². The molecular weight excluding hydrogens is 384 g/mol. The van der Waals surface area contributed by atoms with Gasteiger partial charge in [0, 0.05) is 11.3 Å². The number of thioether (sulfide) groups is 2. The Kier molecular flexibility index (Phi) is 6.37. The molecule has 0 saturated heterocycles. The Labute approximate surface area is 166 Å². The summed E-state index contributed by atoms with van der Waals surface area (Å²) in [6, 6.07) is 4.29. The molecule has 1 aromatic carbocycles. The quantitative estimate of drug-likeness (QED) is 0.781. The number of anilines is 1. The molecule has 5 nitrogen and oxygen atoms in total. The molecule has 2 heterocycles. The molecule has 1 amide bonds. The van der Waals surface area contributed by atoms with Gasteiger partial charge >= 0.3 is 0 Å². The number of benzene rings is 1. The van der Waals surface area contributed by atoms with E-state index in [0.29, 0.717) is 5.13 Å². The highest BCUT2D eigenvalue weighted by Gasteiger charge is 2.23. The molecule has 0 aliphatic carbocycles. The van der Waals surface area contributed by atoms with Crippen LogP contribution in [0.25, 0.3) is 10.6 Å². The van der Waals surface area contributed by atoms with E-state index in [9.17, 15) is 4.79 Å². The van der Waals surface area contributed by atoms with Crippen molar-refractivity contribution in [3.8, 4) is 10.6 Å². The van der Waals surface area contributed by atoms with Crippen molar-refractivity contribution in [3.63, 3.8) is 0 Å². The Hall–Kier alpha value is -1.38. The summed E-state index contributed by atoms with van der Waals surface area (Å²) in [4.78, 5) is 17.0. The summed E-state index contributed by atoms with van der Waals surface area (Å²) in [6.07, 6.45) is 0.748. The first kappa shape index (κ1) is 19.4. The summed E-state index contributed by atoms with van der Waals surface area (Å²) in [6.45, 7) is 9.12. The molecule has 8 heteroatoms. The number of amides is 1. The summed E-state index contributed by atoms with van der Waals surface area (Å²) >= 11 is 4.69. The number of rotatable bonds is 5. The number of carbonyl (C=O) groups is 1. The fourth-order valence-electron chi connectivity index (χ4n) is 2.91. The van der Waals surface area contributed by atoms with Crippen molar-refractivity contribution in [2.45, 2.75) is 39.4 Å². The van der Waals surface area contributed by atoms with Gasteiger partial charge in [-0.1, -0.05) is 59.5 Å². The van der Waals surface area contributed by atoms with Crippen LogP contribution in [-0.4, -0.2) is 38.0 Å². The van der Waals surface area contributed by atoms with Crippen LogP contribution in [0.2, 0.25) is 0 Å². The minimum absolute atomic E-state index is 0.0345. The molecule has 138 valence electrons. The molecule has 0 fully saturated rings. The van der Waals surface area contributed by atoms with Gasteiger partial charge in [-0.05, 0) is 38.3 Å². The smallest absolute Gasteiger partial charge is 0.239 e. The maximum absolute atomic E-state index is 12.6. The third-order valence-electron chi connectivity index (χ3n) is 4.01. The molecule has 1 aliphatic rings. The molecule has 0 saturated carbocycles. The first-order valence-electron chi connectivity index (χ1n) is 8.54. The normalized spacial score (nSPS) is 15.0.